The van der Waals surface area contributed by atoms with Crippen molar-refractivity contribution in [2.45, 2.75) is 13.0 Å². The molecule has 0 unspecified atom stereocenters. The highest BCUT2D eigenvalue weighted by Gasteiger charge is 2.15. The number of hydrogen-bond acceptors (Lipinski definition) is 6. The van der Waals surface area contributed by atoms with Crippen molar-refractivity contribution >= 4 is 5.91 Å². The molecule has 25 heavy (non-hydrogen) atoms. The minimum Gasteiger partial charge on any atom is -0.493 e. The van der Waals surface area contributed by atoms with Crippen LogP contribution in [-0.2, 0) is 17.8 Å². The van der Waals surface area contributed by atoms with Crippen LogP contribution < -0.4 is 24.3 Å². The molecule has 2 aromatic rings. The zero-order chi connectivity index (χ0) is 18.2. The Morgan fingerprint density at radius 1 is 1.04 bits per heavy atom. The molecule has 1 aromatic carbocycles. The predicted molar refractivity (Wildman–Crippen MR) is 92.4 cm³/mol. The van der Waals surface area contributed by atoms with E-state index in [0.29, 0.717) is 29.7 Å². The Balaban J connectivity index is 2.07. The van der Waals surface area contributed by atoms with E-state index in [2.05, 4.69) is 10.3 Å². The molecule has 0 bridgehead atoms. The molecular weight excluding hydrogens is 324 g/mol. The van der Waals surface area contributed by atoms with Crippen LogP contribution in [0.1, 0.15) is 11.1 Å². The molecule has 7 nitrogen and oxygen atoms in total. The second kappa shape index (κ2) is 8.77. The largest absolute Gasteiger partial charge is 0.493 e. The van der Waals surface area contributed by atoms with Crippen molar-refractivity contribution < 1.29 is 23.7 Å². The number of benzene rings is 1. The van der Waals surface area contributed by atoms with Crippen molar-refractivity contribution in [3.8, 4) is 23.1 Å². The number of amides is 1. The van der Waals surface area contributed by atoms with Gasteiger partial charge in [-0.2, -0.15) is 0 Å². The molecule has 0 radical (unpaired) electrons. The average Bonchev–Trinajstić information content (AvgIpc) is 2.65. The van der Waals surface area contributed by atoms with Gasteiger partial charge in [-0.25, -0.2) is 4.98 Å². The van der Waals surface area contributed by atoms with E-state index in [4.69, 9.17) is 18.9 Å². The maximum atomic E-state index is 12.3. The standard InChI is InChI=1S/C18H22N2O5/c1-22-14-8-12(9-15(23-2)17(14)24-3)10-16(21)20-11-13-6-5-7-19-18(13)25-4/h5-9H,10-11H2,1-4H3,(H,20,21). The minimum absolute atomic E-state index is 0.139. The number of hydrogen-bond donors (Lipinski definition) is 1. The Hall–Kier alpha value is -2.96. The highest BCUT2D eigenvalue weighted by atomic mass is 16.5. The lowest BCUT2D eigenvalue weighted by Gasteiger charge is -2.14. The Morgan fingerprint density at radius 2 is 1.72 bits per heavy atom. The van der Waals surface area contributed by atoms with Gasteiger partial charge in [0.15, 0.2) is 11.5 Å². The lowest BCUT2D eigenvalue weighted by molar-refractivity contribution is -0.120. The van der Waals surface area contributed by atoms with Crippen LogP contribution in [0, 0.1) is 0 Å². The van der Waals surface area contributed by atoms with E-state index in [-0.39, 0.29) is 12.3 Å². The SMILES string of the molecule is COc1cc(CC(=O)NCc2cccnc2OC)cc(OC)c1OC. The predicted octanol–water partition coefficient (Wildman–Crippen LogP) is 1.97. The van der Waals surface area contributed by atoms with Crippen LogP contribution in [0.3, 0.4) is 0 Å². The van der Waals surface area contributed by atoms with Crippen molar-refractivity contribution in [2.24, 2.45) is 0 Å². The summed E-state index contributed by atoms with van der Waals surface area (Å²) in [6.07, 6.45) is 1.82. The molecule has 0 aliphatic rings. The Labute approximate surface area is 146 Å². The normalized spacial score (nSPS) is 10.1. The monoisotopic (exact) mass is 346 g/mol. The molecule has 1 amide bonds. The molecule has 2 rings (SSSR count). The van der Waals surface area contributed by atoms with Gasteiger partial charge < -0.3 is 24.3 Å². The van der Waals surface area contributed by atoms with Crippen LogP contribution in [0.2, 0.25) is 0 Å². The molecule has 134 valence electrons. The topological polar surface area (TPSA) is 78.9 Å². The highest BCUT2D eigenvalue weighted by molar-refractivity contribution is 5.79. The summed E-state index contributed by atoms with van der Waals surface area (Å²) in [5.41, 5.74) is 1.56. The van der Waals surface area contributed by atoms with Gasteiger partial charge in [0.2, 0.25) is 17.5 Å². The number of ether oxygens (including phenoxy) is 4. The van der Waals surface area contributed by atoms with Crippen molar-refractivity contribution in [3.05, 3.63) is 41.6 Å². The third-order valence-electron chi connectivity index (χ3n) is 3.61. The van der Waals surface area contributed by atoms with Crippen molar-refractivity contribution in [1.29, 1.82) is 0 Å². The van der Waals surface area contributed by atoms with Crippen molar-refractivity contribution in [1.82, 2.24) is 10.3 Å². The third kappa shape index (κ3) is 4.53. The Bertz CT molecular complexity index is 708. The van der Waals surface area contributed by atoms with Crippen molar-refractivity contribution in [2.75, 3.05) is 28.4 Å². The second-order valence-electron chi connectivity index (χ2n) is 5.16. The second-order valence-corrected chi connectivity index (χ2v) is 5.16. The lowest BCUT2D eigenvalue weighted by atomic mass is 10.1. The van der Waals surface area contributed by atoms with Crippen molar-refractivity contribution in [3.63, 3.8) is 0 Å². The van der Waals surface area contributed by atoms with E-state index in [1.807, 2.05) is 6.07 Å². The first-order chi connectivity index (χ1) is 12.1. The smallest absolute Gasteiger partial charge is 0.224 e. The number of pyridine rings is 1. The van der Waals surface area contributed by atoms with Crippen LogP contribution in [0.4, 0.5) is 0 Å². The van der Waals surface area contributed by atoms with Crippen LogP contribution in [0.5, 0.6) is 23.1 Å². The number of methoxy groups -OCH3 is 4. The number of aromatic nitrogens is 1. The summed E-state index contributed by atoms with van der Waals surface area (Å²) in [5.74, 6) is 1.88. The molecule has 0 atom stereocenters. The number of nitrogens with one attached hydrogen (secondary N) is 1. The quantitative estimate of drug-likeness (QED) is 0.787. The fourth-order valence-corrected chi connectivity index (χ4v) is 2.42. The van der Waals surface area contributed by atoms with Gasteiger partial charge in [0.05, 0.1) is 34.9 Å². The zero-order valence-corrected chi connectivity index (χ0v) is 14.8. The van der Waals surface area contributed by atoms with Gasteiger partial charge in [-0.3, -0.25) is 4.79 Å². The molecule has 0 saturated heterocycles. The fourth-order valence-electron chi connectivity index (χ4n) is 2.42. The molecule has 1 N–H and O–H groups in total. The molecule has 0 saturated carbocycles. The molecule has 1 aromatic heterocycles. The van der Waals surface area contributed by atoms with Gasteiger partial charge >= 0.3 is 0 Å². The maximum Gasteiger partial charge on any atom is 0.224 e. The molecule has 1 heterocycles. The lowest BCUT2D eigenvalue weighted by Crippen LogP contribution is -2.25. The first kappa shape index (κ1) is 18.4. The highest BCUT2D eigenvalue weighted by Crippen LogP contribution is 2.38. The zero-order valence-electron chi connectivity index (χ0n) is 14.8. The van der Waals surface area contributed by atoms with E-state index >= 15 is 0 Å². The summed E-state index contributed by atoms with van der Waals surface area (Å²) < 4.78 is 21.0. The van der Waals surface area contributed by atoms with Gasteiger partial charge in [-0.1, -0.05) is 6.07 Å². The molecular formula is C18H22N2O5. The summed E-state index contributed by atoms with van der Waals surface area (Å²) in [7, 11) is 6.16. The number of carbonyl (C=O) groups excluding carboxylic acids is 1. The van der Waals surface area contributed by atoms with Gasteiger partial charge in [0.25, 0.3) is 0 Å². The maximum absolute atomic E-state index is 12.3. The first-order valence-electron chi connectivity index (χ1n) is 7.66. The fraction of sp³-hybridized carbons (Fsp3) is 0.333. The van der Waals surface area contributed by atoms with Gasteiger partial charge in [-0.15, -0.1) is 0 Å². The summed E-state index contributed by atoms with van der Waals surface area (Å²) in [6, 6.07) is 7.16. The summed E-state index contributed by atoms with van der Waals surface area (Å²) in [4.78, 5) is 16.4. The number of carbonyl (C=O) groups is 1. The number of nitrogens with zero attached hydrogens (tertiary/aromatic N) is 1. The van der Waals surface area contributed by atoms with Crippen LogP contribution >= 0.6 is 0 Å². The minimum atomic E-state index is -0.139. The summed E-state index contributed by atoms with van der Waals surface area (Å²) >= 11 is 0. The molecule has 0 spiro atoms. The Morgan fingerprint density at radius 3 is 2.28 bits per heavy atom. The van der Waals surface area contributed by atoms with Crippen LogP contribution in [0.25, 0.3) is 0 Å². The van der Waals surface area contributed by atoms with Crippen LogP contribution in [0.15, 0.2) is 30.5 Å². The first-order valence-corrected chi connectivity index (χ1v) is 7.66. The summed E-state index contributed by atoms with van der Waals surface area (Å²) in [6.45, 7) is 0.334. The van der Waals surface area contributed by atoms with Gasteiger partial charge in [0, 0.05) is 18.3 Å². The van der Waals surface area contributed by atoms with Crippen LogP contribution in [-0.4, -0.2) is 39.3 Å². The third-order valence-corrected chi connectivity index (χ3v) is 3.61. The van der Waals surface area contributed by atoms with E-state index in [9.17, 15) is 4.79 Å². The summed E-state index contributed by atoms with van der Waals surface area (Å²) in [5, 5.41) is 2.85. The van der Waals surface area contributed by atoms with E-state index in [0.717, 1.165) is 11.1 Å². The van der Waals surface area contributed by atoms with E-state index < -0.39 is 0 Å². The molecule has 7 heteroatoms. The number of rotatable bonds is 8. The molecule has 0 aliphatic carbocycles. The Kier molecular flexibility index (Phi) is 6.45. The van der Waals surface area contributed by atoms with Gasteiger partial charge in [0.1, 0.15) is 0 Å². The van der Waals surface area contributed by atoms with E-state index in [1.54, 1.807) is 31.5 Å². The molecule has 0 fully saturated rings. The van der Waals surface area contributed by atoms with E-state index in [1.165, 1.54) is 21.3 Å². The molecule has 0 aliphatic heterocycles. The van der Waals surface area contributed by atoms with Gasteiger partial charge in [-0.05, 0) is 23.8 Å². The average molecular weight is 346 g/mol.